The zero-order chi connectivity index (χ0) is 26.3. The number of halogens is 1. The van der Waals surface area contributed by atoms with Crippen LogP contribution in [-0.4, -0.2) is 65.3 Å². The number of benzene rings is 1. The van der Waals surface area contributed by atoms with Crippen LogP contribution in [0.3, 0.4) is 0 Å². The molecule has 36 heavy (non-hydrogen) atoms. The third-order valence-corrected chi connectivity index (χ3v) is 6.85. The molecule has 1 aliphatic rings. The second-order valence-electron chi connectivity index (χ2n) is 11.0. The van der Waals surface area contributed by atoms with Gasteiger partial charge in [0.05, 0.1) is 17.9 Å². The van der Waals surface area contributed by atoms with Gasteiger partial charge in [0.2, 0.25) is 5.95 Å². The van der Waals surface area contributed by atoms with Crippen LogP contribution < -0.4 is 15.4 Å². The molecule has 1 aliphatic heterocycles. The van der Waals surface area contributed by atoms with Crippen LogP contribution >= 0.6 is 0 Å². The lowest BCUT2D eigenvalue weighted by Crippen LogP contribution is -2.61. The molecule has 10 nitrogen and oxygen atoms in total. The van der Waals surface area contributed by atoms with Crippen molar-refractivity contribution in [1.82, 2.24) is 35.1 Å². The summed E-state index contributed by atoms with van der Waals surface area (Å²) in [6, 6.07) is 5.64. The van der Waals surface area contributed by atoms with Gasteiger partial charge in [-0.05, 0) is 90.1 Å². The van der Waals surface area contributed by atoms with Crippen LogP contribution in [0.15, 0.2) is 24.4 Å². The van der Waals surface area contributed by atoms with Gasteiger partial charge in [0.1, 0.15) is 5.75 Å². The second kappa shape index (κ2) is 9.61. The monoisotopic (exact) mass is 497 g/mol. The maximum absolute atomic E-state index is 14.7. The predicted octanol–water partition coefficient (Wildman–Crippen LogP) is 4.40. The molecule has 1 fully saturated rings. The van der Waals surface area contributed by atoms with Gasteiger partial charge in [-0.3, -0.25) is 4.90 Å². The van der Waals surface area contributed by atoms with Crippen molar-refractivity contribution in [2.75, 3.05) is 17.7 Å². The summed E-state index contributed by atoms with van der Waals surface area (Å²) in [6.07, 6.45) is 2.90. The molecule has 1 saturated heterocycles. The van der Waals surface area contributed by atoms with E-state index in [1.165, 1.54) is 6.20 Å². The van der Waals surface area contributed by atoms with Crippen LogP contribution in [0.1, 0.15) is 54.4 Å². The first-order chi connectivity index (χ1) is 16.9. The van der Waals surface area contributed by atoms with Crippen molar-refractivity contribution in [2.24, 2.45) is 7.05 Å². The topological polar surface area (TPSA) is 106 Å². The maximum atomic E-state index is 14.7. The van der Waals surface area contributed by atoms with Crippen LogP contribution in [0.4, 0.5) is 21.8 Å². The fourth-order valence-electron chi connectivity index (χ4n) is 4.92. The van der Waals surface area contributed by atoms with Gasteiger partial charge < -0.3 is 15.4 Å². The highest BCUT2D eigenvalue weighted by molar-refractivity contribution is 5.71. The first-order valence-corrected chi connectivity index (χ1v) is 12.2. The number of rotatable bonds is 7. The van der Waals surface area contributed by atoms with Gasteiger partial charge in [-0.2, -0.15) is 4.98 Å². The summed E-state index contributed by atoms with van der Waals surface area (Å²) in [5.74, 6) is 1.20. The first-order valence-electron chi connectivity index (χ1n) is 12.2. The molecule has 194 valence electrons. The summed E-state index contributed by atoms with van der Waals surface area (Å²) < 4.78 is 22.3. The zero-order valence-electron chi connectivity index (χ0n) is 22.3. The van der Waals surface area contributed by atoms with E-state index in [9.17, 15) is 4.39 Å². The van der Waals surface area contributed by atoms with Crippen molar-refractivity contribution in [3.63, 3.8) is 0 Å². The molecule has 0 saturated carbocycles. The minimum absolute atomic E-state index is 0.0210. The Kier molecular flexibility index (Phi) is 6.87. The summed E-state index contributed by atoms with van der Waals surface area (Å²) in [5, 5.41) is 18.3. The number of anilines is 3. The summed E-state index contributed by atoms with van der Waals surface area (Å²) in [4.78, 5) is 11.0. The number of hydrogen-bond acceptors (Lipinski definition) is 9. The second-order valence-corrected chi connectivity index (χ2v) is 11.0. The lowest BCUT2D eigenvalue weighted by atomic mass is 9.77. The summed E-state index contributed by atoms with van der Waals surface area (Å²) in [5.41, 5.74) is 1.35. The van der Waals surface area contributed by atoms with Crippen molar-refractivity contribution in [2.45, 2.75) is 77.6 Å². The fourth-order valence-corrected chi connectivity index (χ4v) is 4.92. The number of tetrazole rings is 1. The van der Waals surface area contributed by atoms with Crippen LogP contribution in [0, 0.1) is 5.82 Å². The fraction of sp³-hybridized carbons (Fsp3) is 0.560. The van der Waals surface area contributed by atoms with E-state index in [0.717, 1.165) is 18.4 Å². The Bertz CT molecular complexity index is 1210. The van der Waals surface area contributed by atoms with Crippen molar-refractivity contribution in [3.8, 4) is 17.1 Å². The molecule has 0 aliphatic carbocycles. The molecule has 2 N–H and O–H groups in total. The Hall–Kier alpha value is -3.34. The van der Waals surface area contributed by atoms with E-state index < -0.39 is 5.82 Å². The van der Waals surface area contributed by atoms with Crippen molar-refractivity contribution in [1.29, 1.82) is 0 Å². The lowest BCUT2D eigenvalue weighted by Gasteiger charge is -2.53. The van der Waals surface area contributed by atoms with Gasteiger partial charge in [0.15, 0.2) is 17.5 Å². The van der Waals surface area contributed by atoms with Crippen LogP contribution in [-0.2, 0) is 7.05 Å². The Morgan fingerprint density at radius 3 is 2.42 bits per heavy atom. The molecule has 0 atom stereocenters. The Morgan fingerprint density at radius 1 is 1.11 bits per heavy atom. The molecule has 3 heterocycles. The molecular formula is C25H36FN9O. The number of nitrogens with one attached hydrogen (secondary N) is 2. The Morgan fingerprint density at radius 2 is 1.81 bits per heavy atom. The molecule has 0 unspecified atom stereocenters. The quantitative estimate of drug-likeness (QED) is 0.491. The van der Waals surface area contributed by atoms with Gasteiger partial charge in [-0.1, -0.05) is 0 Å². The average molecular weight is 498 g/mol. The lowest BCUT2D eigenvalue weighted by molar-refractivity contribution is -0.00778. The number of nitrogens with zero attached hydrogens (tertiary/aromatic N) is 7. The van der Waals surface area contributed by atoms with E-state index in [1.54, 1.807) is 11.7 Å². The Balaban J connectivity index is 1.58. The Labute approximate surface area is 211 Å². The SMILES string of the molecule is CC(C)Oc1ccc(Nc2ncc(F)c(NC3CC(C)(C)N(C)C(C)(C)C3)n2)cc1-c1nnnn1C. The van der Waals surface area contributed by atoms with Gasteiger partial charge in [-0.25, -0.2) is 14.1 Å². The highest BCUT2D eigenvalue weighted by atomic mass is 19.1. The maximum Gasteiger partial charge on any atom is 0.229 e. The van der Waals surface area contributed by atoms with Crippen molar-refractivity contribution >= 4 is 17.5 Å². The van der Waals surface area contributed by atoms with Gasteiger partial charge in [0.25, 0.3) is 0 Å². The number of likely N-dealkylation sites (tertiary alicyclic amines) is 1. The van der Waals surface area contributed by atoms with Gasteiger partial charge in [0, 0.05) is 29.9 Å². The molecule has 2 aromatic heterocycles. The van der Waals surface area contributed by atoms with E-state index in [0.29, 0.717) is 17.3 Å². The third kappa shape index (κ3) is 5.40. The standard InChI is InChI=1S/C25H36FN9O/c1-15(2)36-20-10-9-16(11-18(20)22-31-32-33-34(22)7)29-23-27-14-19(26)21(30-23)28-17-12-24(3,4)35(8)25(5,6)13-17/h9-11,14-15,17H,12-13H2,1-8H3,(H2,27,28,29,30). The molecule has 0 spiro atoms. The third-order valence-electron chi connectivity index (χ3n) is 6.85. The molecule has 3 aromatic rings. The first kappa shape index (κ1) is 25.7. The smallest absolute Gasteiger partial charge is 0.229 e. The number of piperidine rings is 1. The largest absolute Gasteiger partial charge is 0.490 e. The number of aryl methyl sites for hydroxylation is 1. The minimum atomic E-state index is -0.485. The molecule has 1 aromatic carbocycles. The summed E-state index contributed by atoms with van der Waals surface area (Å²) >= 11 is 0. The number of ether oxygens (including phenoxy) is 1. The molecule has 4 rings (SSSR count). The van der Waals surface area contributed by atoms with Gasteiger partial charge in [-0.15, -0.1) is 5.10 Å². The van der Waals surface area contributed by atoms with E-state index in [1.807, 2.05) is 32.0 Å². The zero-order valence-corrected chi connectivity index (χ0v) is 22.3. The van der Waals surface area contributed by atoms with Crippen LogP contribution in [0.2, 0.25) is 0 Å². The minimum Gasteiger partial charge on any atom is -0.490 e. The highest BCUT2D eigenvalue weighted by Crippen LogP contribution is 2.38. The van der Waals surface area contributed by atoms with E-state index in [4.69, 9.17) is 4.74 Å². The molecular weight excluding hydrogens is 461 g/mol. The van der Waals surface area contributed by atoms with Crippen molar-refractivity contribution < 1.29 is 9.13 Å². The molecule has 11 heteroatoms. The van der Waals surface area contributed by atoms with E-state index in [2.05, 4.69) is 75.8 Å². The summed E-state index contributed by atoms with van der Waals surface area (Å²) in [7, 11) is 3.91. The van der Waals surface area contributed by atoms with Crippen molar-refractivity contribution in [3.05, 3.63) is 30.2 Å². The number of hydrogen-bond donors (Lipinski definition) is 2. The average Bonchev–Trinajstić information content (AvgIpc) is 3.20. The van der Waals surface area contributed by atoms with Gasteiger partial charge >= 0.3 is 0 Å². The van der Waals surface area contributed by atoms with E-state index in [-0.39, 0.29) is 35.0 Å². The summed E-state index contributed by atoms with van der Waals surface area (Å²) in [6.45, 7) is 12.8. The molecule has 0 amide bonds. The predicted molar refractivity (Wildman–Crippen MR) is 138 cm³/mol. The molecule has 0 bridgehead atoms. The van der Waals surface area contributed by atoms with E-state index >= 15 is 0 Å². The number of aromatic nitrogens is 6. The normalized spacial score (nSPS) is 17.8. The van der Waals surface area contributed by atoms with Crippen LogP contribution in [0.25, 0.3) is 11.4 Å². The highest BCUT2D eigenvalue weighted by Gasteiger charge is 2.43. The molecule has 0 radical (unpaired) electrons. The van der Waals surface area contributed by atoms with Crippen LogP contribution in [0.5, 0.6) is 5.75 Å².